The van der Waals surface area contributed by atoms with E-state index in [2.05, 4.69) is 15.6 Å². The first kappa shape index (κ1) is 13.2. The molecule has 1 amide bonds. The lowest BCUT2D eigenvalue weighted by Gasteiger charge is -2.12. The summed E-state index contributed by atoms with van der Waals surface area (Å²) in [5, 5.41) is 10.3. The van der Waals surface area contributed by atoms with Crippen molar-refractivity contribution in [2.75, 3.05) is 6.54 Å². The zero-order valence-corrected chi connectivity index (χ0v) is 10.6. The van der Waals surface area contributed by atoms with Crippen molar-refractivity contribution >= 4 is 5.91 Å². The summed E-state index contributed by atoms with van der Waals surface area (Å²) >= 11 is 0. The van der Waals surface area contributed by atoms with Gasteiger partial charge in [-0.15, -0.1) is 5.10 Å². The smallest absolute Gasteiger partial charge is 0.237 e. The van der Waals surface area contributed by atoms with Gasteiger partial charge < -0.3 is 11.1 Å². The molecule has 2 rings (SSSR count). The molecular formula is C13H17N5O. The van der Waals surface area contributed by atoms with Crippen LogP contribution in [0.25, 0.3) is 0 Å². The summed E-state index contributed by atoms with van der Waals surface area (Å²) in [6.07, 6.45) is 3.88. The average molecular weight is 259 g/mol. The zero-order valence-electron chi connectivity index (χ0n) is 10.6. The number of carbonyl (C=O) groups excluding carboxylic acids is 1. The van der Waals surface area contributed by atoms with Crippen LogP contribution in [0.4, 0.5) is 0 Å². The number of amides is 1. The van der Waals surface area contributed by atoms with Crippen LogP contribution in [0.3, 0.4) is 0 Å². The molecule has 6 heteroatoms. The fourth-order valence-electron chi connectivity index (χ4n) is 1.74. The summed E-state index contributed by atoms with van der Waals surface area (Å²) in [6.45, 7) is 1.08. The second kappa shape index (κ2) is 6.65. The summed E-state index contributed by atoms with van der Waals surface area (Å²) in [4.78, 5) is 11.8. The molecule has 1 heterocycles. The van der Waals surface area contributed by atoms with Crippen LogP contribution >= 0.6 is 0 Å². The first-order valence-corrected chi connectivity index (χ1v) is 6.17. The van der Waals surface area contributed by atoms with E-state index in [-0.39, 0.29) is 5.91 Å². The van der Waals surface area contributed by atoms with E-state index in [0.717, 1.165) is 5.56 Å². The van der Waals surface area contributed by atoms with Crippen LogP contribution in [0.15, 0.2) is 42.7 Å². The summed E-state index contributed by atoms with van der Waals surface area (Å²) in [5.74, 6) is -0.149. The van der Waals surface area contributed by atoms with Gasteiger partial charge in [-0.05, 0) is 12.0 Å². The summed E-state index contributed by atoms with van der Waals surface area (Å²) < 4.78 is 1.66. The SMILES string of the molecule is N[C@H](Cc1ccccc1)C(=O)NCCn1ccnn1. The zero-order chi connectivity index (χ0) is 13.5. The Labute approximate surface area is 111 Å². The van der Waals surface area contributed by atoms with Crippen LogP contribution in [0.2, 0.25) is 0 Å². The van der Waals surface area contributed by atoms with Crippen LogP contribution in [0, 0.1) is 0 Å². The van der Waals surface area contributed by atoms with E-state index in [4.69, 9.17) is 5.73 Å². The van der Waals surface area contributed by atoms with Gasteiger partial charge in [0.25, 0.3) is 0 Å². The average Bonchev–Trinajstić information content (AvgIpc) is 2.93. The van der Waals surface area contributed by atoms with Crippen molar-refractivity contribution in [1.82, 2.24) is 20.3 Å². The molecule has 0 saturated carbocycles. The van der Waals surface area contributed by atoms with E-state index in [9.17, 15) is 4.79 Å². The van der Waals surface area contributed by atoms with Gasteiger partial charge in [0, 0.05) is 12.7 Å². The molecule has 0 radical (unpaired) electrons. The minimum atomic E-state index is -0.529. The Morgan fingerprint density at radius 2 is 2.16 bits per heavy atom. The van der Waals surface area contributed by atoms with Crippen molar-refractivity contribution in [2.45, 2.75) is 19.0 Å². The monoisotopic (exact) mass is 259 g/mol. The van der Waals surface area contributed by atoms with Crippen LogP contribution in [-0.4, -0.2) is 33.5 Å². The molecule has 1 atom stereocenters. The lowest BCUT2D eigenvalue weighted by molar-refractivity contribution is -0.122. The van der Waals surface area contributed by atoms with Crippen LogP contribution in [0.5, 0.6) is 0 Å². The first-order chi connectivity index (χ1) is 9.25. The largest absolute Gasteiger partial charge is 0.353 e. The number of nitrogens with one attached hydrogen (secondary N) is 1. The molecule has 19 heavy (non-hydrogen) atoms. The molecule has 0 unspecified atom stereocenters. The molecule has 0 fully saturated rings. The maximum absolute atomic E-state index is 11.8. The Hall–Kier alpha value is -2.21. The number of nitrogens with zero attached hydrogens (tertiary/aromatic N) is 3. The maximum atomic E-state index is 11.8. The van der Waals surface area contributed by atoms with Gasteiger partial charge in [0.1, 0.15) is 0 Å². The minimum Gasteiger partial charge on any atom is -0.353 e. The van der Waals surface area contributed by atoms with E-state index in [1.165, 1.54) is 0 Å². The third-order valence-corrected chi connectivity index (χ3v) is 2.75. The standard InChI is InChI=1S/C13H17N5O/c14-12(10-11-4-2-1-3-5-11)13(19)15-6-8-18-9-7-16-17-18/h1-5,7,9,12H,6,8,10,14H2,(H,15,19)/t12-/m1/s1. The number of benzene rings is 1. The van der Waals surface area contributed by atoms with Gasteiger partial charge >= 0.3 is 0 Å². The predicted molar refractivity (Wildman–Crippen MR) is 71.2 cm³/mol. The number of aromatic nitrogens is 3. The third-order valence-electron chi connectivity index (χ3n) is 2.75. The van der Waals surface area contributed by atoms with Gasteiger partial charge in [0.05, 0.1) is 18.8 Å². The highest BCUT2D eigenvalue weighted by atomic mass is 16.2. The van der Waals surface area contributed by atoms with Gasteiger partial charge in [-0.3, -0.25) is 9.48 Å². The van der Waals surface area contributed by atoms with Crippen molar-refractivity contribution < 1.29 is 4.79 Å². The molecule has 0 spiro atoms. The van der Waals surface area contributed by atoms with Crippen LogP contribution in [-0.2, 0) is 17.8 Å². The number of carbonyl (C=O) groups is 1. The highest BCUT2D eigenvalue weighted by molar-refractivity contribution is 5.81. The highest BCUT2D eigenvalue weighted by Crippen LogP contribution is 2.01. The molecule has 0 bridgehead atoms. The summed E-state index contributed by atoms with van der Waals surface area (Å²) in [6, 6.07) is 9.20. The fourth-order valence-corrected chi connectivity index (χ4v) is 1.74. The van der Waals surface area contributed by atoms with Crippen molar-refractivity contribution in [3.8, 4) is 0 Å². The Balaban J connectivity index is 1.73. The fraction of sp³-hybridized carbons (Fsp3) is 0.308. The van der Waals surface area contributed by atoms with Gasteiger partial charge in [-0.1, -0.05) is 35.5 Å². The van der Waals surface area contributed by atoms with Gasteiger partial charge in [0.15, 0.2) is 0 Å². The molecule has 0 saturated heterocycles. The number of rotatable bonds is 6. The van der Waals surface area contributed by atoms with E-state index in [1.54, 1.807) is 17.1 Å². The highest BCUT2D eigenvalue weighted by Gasteiger charge is 2.13. The number of nitrogens with two attached hydrogens (primary N) is 1. The molecule has 6 nitrogen and oxygen atoms in total. The van der Waals surface area contributed by atoms with Crippen molar-refractivity contribution in [3.05, 3.63) is 48.3 Å². The second-order valence-corrected chi connectivity index (χ2v) is 4.25. The molecule has 0 aliphatic heterocycles. The Morgan fingerprint density at radius 3 is 2.84 bits per heavy atom. The molecule has 2 aromatic rings. The summed E-state index contributed by atoms with van der Waals surface area (Å²) in [7, 11) is 0. The Morgan fingerprint density at radius 1 is 1.37 bits per heavy atom. The molecule has 1 aromatic heterocycles. The normalized spacial score (nSPS) is 12.1. The number of hydrogen-bond donors (Lipinski definition) is 2. The molecular weight excluding hydrogens is 242 g/mol. The van der Waals surface area contributed by atoms with Gasteiger partial charge in [0.2, 0.25) is 5.91 Å². The molecule has 1 aromatic carbocycles. The van der Waals surface area contributed by atoms with Crippen molar-refractivity contribution in [1.29, 1.82) is 0 Å². The second-order valence-electron chi connectivity index (χ2n) is 4.25. The van der Waals surface area contributed by atoms with E-state index in [1.807, 2.05) is 30.3 Å². The van der Waals surface area contributed by atoms with Crippen LogP contribution < -0.4 is 11.1 Å². The quantitative estimate of drug-likeness (QED) is 0.762. The molecule has 0 aliphatic rings. The van der Waals surface area contributed by atoms with Crippen molar-refractivity contribution in [3.63, 3.8) is 0 Å². The van der Waals surface area contributed by atoms with Crippen molar-refractivity contribution in [2.24, 2.45) is 5.73 Å². The summed E-state index contributed by atoms with van der Waals surface area (Å²) in [5.41, 5.74) is 6.92. The number of hydrogen-bond acceptors (Lipinski definition) is 4. The van der Waals surface area contributed by atoms with Crippen LogP contribution in [0.1, 0.15) is 5.56 Å². The van der Waals surface area contributed by atoms with E-state index < -0.39 is 6.04 Å². The predicted octanol–water partition coefficient (Wildman–Crippen LogP) is -0.0357. The topological polar surface area (TPSA) is 85.8 Å². The lowest BCUT2D eigenvalue weighted by Crippen LogP contribution is -2.43. The third kappa shape index (κ3) is 4.18. The van der Waals surface area contributed by atoms with Gasteiger partial charge in [-0.2, -0.15) is 0 Å². The first-order valence-electron chi connectivity index (χ1n) is 6.17. The lowest BCUT2D eigenvalue weighted by atomic mass is 10.1. The maximum Gasteiger partial charge on any atom is 0.237 e. The minimum absolute atomic E-state index is 0.149. The molecule has 100 valence electrons. The molecule has 3 N–H and O–H groups in total. The van der Waals surface area contributed by atoms with Gasteiger partial charge in [-0.25, -0.2) is 0 Å². The van der Waals surface area contributed by atoms with E-state index in [0.29, 0.717) is 19.5 Å². The Kier molecular flexibility index (Phi) is 4.63. The van der Waals surface area contributed by atoms with E-state index >= 15 is 0 Å². The molecule has 0 aliphatic carbocycles. The Bertz CT molecular complexity index is 497.